The lowest BCUT2D eigenvalue weighted by molar-refractivity contribution is -0.122. The predicted molar refractivity (Wildman–Crippen MR) is 128 cm³/mol. The molecule has 4 aromatic rings. The van der Waals surface area contributed by atoms with E-state index < -0.39 is 0 Å². The monoisotopic (exact) mass is 443 g/mol. The van der Waals surface area contributed by atoms with Gasteiger partial charge in [0.05, 0.1) is 18.8 Å². The van der Waals surface area contributed by atoms with Gasteiger partial charge in [-0.1, -0.05) is 42.5 Å². The van der Waals surface area contributed by atoms with Gasteiger partial charge in [0, 0.05) is 11.6 Å². The molecule has 1 amide bonds. The Hall–Kier alpha value is -4.13. The third-order valence-electron chi connectivity index (χ3n) is 5.05. The van der Waals surface area contributed by atoms with Crippen molar-refractivity contribution in [3.63, 3.8) is 0 Å². The number of rotatable bonds is 9. The summed E-state index contributed by atoms with van der Waals surface area (Å²) < 4.78 is 12.2. The van der Waals surface area contributed by atoms with E-state index in [0.717, 1.165) is 22.1 Å². The first-order chi connectivity index (χ1) is 16.1. The Morgan fingerprint density at radius 2 is 1.64 bits per heavy atom. The van der Waals surface area contributed by atoms with Crippen LogP contribution in [0.5, 0.6) is 11.5 Å². The lowest BCUT2D eigenvalue weighted by Gasteiger charge is -2.11. The Morgan fingerprint density at radius 1 is 0.909 bits per heavy atom. The van der Waals surface area contributed by atoms with Crippen molar-refractivity contribution in [2.24, 2.45) is 0 Å². The highest BCUT2D eigenvalue weighted by Crippen LogP contribution is 2.26. The SMILES string of the molecule is CCOc1ccc(OCCNC(=O)Cn2nc(-c3cccc4ccccc34)ccc2=O)cc1. The zero-order valence-electron chi connectivity index (χ0n) is 18.4. The van der Waals surface area contributed by atoms with Crippen LogP contribution in [0.25, 0.3) is 22.0 Å². The molecule has 7 nitrogen and oxygen atoms in total. The molecule has 0 saturated heterocycles. The van der Waals surface area contributed by atoms with Crippen molar-refractivity contribution in [3.05, 3.63) is 89.2 Å². The fourth-order valence-electron chi connectivity index (χ4n) is 3.50. The molecule has 0 aliphatic heterocycles. The largest absolute Gasteiger partial charge is 0.494 e. The number of hydrogen-bond donors (Lipinski definition) is 1. The lowest BCUT2D eigenvalue weighted by atomic mass is 10.0. The molecule has 0 fully saturated rings. The van der Waals surface area contributed by atoms with Crippen molar-refractivity contribution in [1.29, 1.82) is 0 Å². The van der Waals surface area contributed by atoms with E-state index in [-0.39, 0.29) is 18.0 Å². The number of carbonyl (C=O) groups is 1. The normalized spacial score (nSPS) is 10.7. The second-order valence-electron chi connectivity index (χ2n) is 7.34. The third-order valence-corrected chi connectivity index (χ3v) is 5.05. The molecule has 0 aliphatic carbocycles. The van der Waals surface area contributed by atoms with Crippen molar-refractivity contribution < 1.29 is 14.3 Å². The molecule has 0 spiro atoms. The number of benzene rings is 3. The van der Waals surface area contributed by atoms with E-state index in [1.54, 1.807) is 6.07 Å². The van der Waals surface area contributed by atoms with Gasteiger partial charge in [-0.3, -0.25) is 9.59 Å². The molecule has 0 saturated carbocycles. The van der Waals surface area contributed by atoms with Crippen molar-refractivity contribution in [2.75, 3.05) is 19.8 Å². The fourth-order valence-corrected chi connectivity index (χ4v) is 3.50. The minimum absolute atomic E-state index is 0.166. The zero-order chi connectivity index (χ0) is 23.0. The van der Waals surface area contributed by atoms with E-state index in [9.17, 15) is 9.59 Å². The zero-order valence-corrected chi connectivity index (χ0v) is 18.4. The molecule has 168 valence electrons. The maximum Gasteiger partial charge on any atom is 0.267 e. The van der Waals surface area contributed by atoms with Gasteiger partial charge >= 0.3 is 0 Å². The predicted octanol–water partition coefficient (Wildman–Crippen LogP) is 3.66. The molecular weight excluding hydrogens is 418 g/mol. The van der Waals surface area contributed by atoms with Crippen LogP contribution in [-0.2, 0) is 11.3 Å². The Balaban J connectivity index is 1.36. The number of aromatic nitrogens is 2. The van der Waals surface area contributed by atoms with Gasteiger partial charge in [-0.15, -0.1) is 0 Å². The van der Waals surface area contributed by atoms with Crippen molar-refractivity contribution in [1.82, 2.24) is 15.1 Å². The van der Waals surface area contributed by atoms with Crippen molar-refractivity contribution in [2.45, 2.75) is 13.5 Å². The first-order valence-electron chi connectivity index (χ1n) is 10.8. The number of amides is 1. The van der Waals surface area contributed by atoms with E-state index in [1.165, 1.54) is 10.7 Å². The molecule has 7 heteroatoms. The Bertz CT molecular complexity index is 1290. The van der Waals surface area contributed by atoms with Gasteiger partial charge in [0.15, 0.2) is 0 Å². The standard InChI is InChI=1S/C26H25N3O4/c1-2-32-20-10-12-21(13-11-20)33-17-16-27-25(30)18-29-26(31)15-14-24(28-29)23-9-5-7-19-6-3-4-8-22(19)23/h3-15H,2,16-18H2,1H3,(H,27,30). The van der Waals surface area contributed by atoms with Gasteiger partial charge in [0.2, 0.25) is 5.91 Å². The van der Waals surface area contributed by atoms with Crippen LogP contribution >= 0.6 is 0 Å². The van der Waals surface area contributed by atoms with Gasteiger partial charge < -0.3 is 14.8 Å². The Kier molecular flexibility index (Phi) is 6.99. The minimum atomic E-state index is -0.334. The van der Waals surface area contributed by atoms with Gasteiger partial charge in [-0.2, -0.15) is 5.10 Å². The highest BCUT2D eigenvalue weighted by molar-refractivity contribution is 5.95. The number of hydrogen-bond acceptors (Lipinski definition) is 5. The van der Waals surface area contributed by atoms with Gasteiger partial charge in [-0.05, 0) is 48.0 Å². The average Bonchev–Trinajstić information content (AvgIpc) is 2.84. The maximum atomic E-state index is 12.4. The molecule has 33 heavy (non-hydrogen) atoms. The van der Waals surface area contributed by atoms with Crippen LogP contribution in [-0.4, -0.2) is 35.4 Å². The van der Waals surface area contributed by atoms with Crippen LogP contribution in [0.3, 0.4) is 0 Å². The number of fused-ring (bicyclic) bond motifs is 1. The number of ether oxygens (including phenoxy) is 2. The Labute approximate surface area is 191 Å². The molecule has 0 radical (unpaired) electrons. The first kappa shape index (κ1) is 22.1. The molecule has 0 unspecified atom stereocenters. The molecule has 4 rings (SSSR count). The van der Waals surface area contributed by atoms with E-state index in [1.807, 2.05) is 73.7 Å². The van der Waals surface area contributed by atoms with E-state index >= 15 is 0 Å². The molecule has 0 bridgehead atoms. The second kappa shape index (κ2) is 10.5. The fraction of sp³-hybridized carbons (Fsp3) is 0.192. The molecule has 0 aliphatic rings. The van der Waals surface area contributed by atoms with Crippen LogP contribution in [0.1, 0.15) is 6.92 Å². The van der Waals surface area contributed by atoms with Crippen LogP contribution in [0.4, 0.5) is 0 Å². The van der Waals surface area contributed by atoms with Crippen LogP contribution in [0.15, 0.2) is 83.7 Å². The highest BCUT2D eigenvalue weighted by atomic mass is 16.5. The molecule has 0 atom stereocenters. The molecule has 3 aromatic carbocycles. The number of carbonyl (C=O) groups excluding carboxylic acids is 1. The van der Waals surface area contributed by atoms with Crippen LogP contribution in [0, 0.1) is 0 Å². The van der Waals surface area contributed by atoms with Gasteiger partial charge in [0.1, 0.15) is 24.7 Å². The smallest absolute Gasteiger partial charge is 0.267 e. The van der Waals surface area contributed by atoms with Crippen LogP contribution in [0.2, 0.25) is 0 Å². The van der Waals surface area contributed by atoms with Crippen LogP contribution < -0.4 is 20.3 Å². The highest BCUT2D eigenvalue weighted by Gasteiger charge is 2.10. The quantitative estimate of drug-likeness (QED) is 0.399. The van der Waals surface area contributed by atoms with Gasteiger partial charge in [0.25, 0.3) is 5.56 Å². The summed E-state index contributed by atoms with van der Waals surface area (Å²) in [6, 6.07) is 24.3. The number of nitrogens with zero attached hydrogens (tertiary/aromatic N) is 2. The summed E-state index contributed by atoms with van der Waals surface area (Å²) in [5, 5.41) is 9.31. The van der Waals surface area contributed by atoms with E-state index in [2.05, 4.69) is 10.4 Å². The van der Waals surface area contributed by atoms with E-state index in [4.69, 9.17) is 9.47 Å². The molecule has 1 aromatic heterocycles. The molecule has 1 N–H and O–H groups in total. The Morgan fingerprint density at radius 3 is 2.42 bits per heavy atom. The maximum absolute atomic E-state index is 12.4. The third kappa shape index (κ3) is 5.57. The van der Waals surface area contributed by atoms with Gasteiger partial charge in [-0.25, -0.2) is 4.68 Å². The summed E-state index contributed by atoms with van der Waals surface area (Å²) >= 11 is 0. The summed E-state index contributed by atoms with van der Waals surface area (Å²) in [6.07, 6.45) is 0. The minimum Gasteiger partial charge on any atom is -0.494 e. The summed E-state index contributed by atoms with van der Waals surface area (Å²) in [5.41, 5.74) is 1.21. The summed E-state index contributed by atoms with van der Waals surface area (Å²) in [7, 11) is 0. The van der Waals surface area contributed by atoms with Crippen molar-refractivity contribution >= 4 is 16.7 Å². The summed E-state index contributed by atoms with van der Waals surface area (Å²) in [6.45, 7) is 2.98. The first-order valence-corrected chi connectivity index (χ1v) is 10.8. The number of nitrogens with one attached hydrogen (secondary N) is 1. The molecule has 1 heterocycles. The topological polar surface area (TPSA) is 82.4 Å². The summed E-state index contributed by atoms with van der Waals surface area (Å²) in [5.74, 6) is 1.16. The average molecular weight is 444 g/mol. The summed E-state index contributed by atoms with van der Waals surface area (Å²) in [4.78, 5) is 24.6. The lowest BCUT2D eigenvalue weighted by Crippen LogP contribution is -2.35. The second-order valence-corrected chi connectivity index (χ2v) is 7.34. The van der Waals surface area contributed by atoms with Crippen molar-refractivity contribution in [3.8, 4) is 22.8 Å². The molecular formula is C26H25N3O4. The van der Waals surface area contributed by atoms with E-state index in [0.29, 0.717) is 31.2 Å².